The lowest BCUT2D eigenvalue weighted by Gasteiger charge is -2.10. The number of nitrogens with one attached hydrogen (secondary N) is 1. The molecule has 1 aliphatic rings. The van der Waals surface area contributed by atoms with E-state index in [1.165, 1.54) is 0 Å². The second-order valence-corrected chi connectivity index (χ2v) is 5.35. The largest absolute Gasteiger partial charge is 0.352 e. The third kappa shape index (κ3) is 2.20. The van der Waals surface area contributed by atoms with Gasteiger partial charge in [-0.1, -0.05) is 18.2 Å². The number of rotatable bonds is 2. The van der Waals surface area contributed by atoms with Gasteiger partial charge in [0.2, 0.25) is 0 Å². The van der Waals surface area contributed by atoms with Gasteiger partial charge in [-0.05, 0) is 43.7 Å². The maximum atomic E-state index is 12.5. The molecule has 22 heavy (non-hydrogen) atoms. The molecule has 1 N–H and O–H groups in total. The van der Waals surface area contributed by atoms with Crippen LogP contribution in [-0.4, -0.2) is 16.5 Å². The summed E-state index contributed by atoms with van der Waals surface area (Å²) < 4.78 is 2.04. The normalized spacial score (nSPS) is 16.5. The van der Waals surface area contributed by atoms with Gasteiger partial charge in [0.05, 0.1) is 5.69 Å². The van der Waals surface area contributed by atoms with Gasteiger partial charge in [0.15, 0.2) is 0 Å². The van der Waals surface area contributed by atoms with Crippen molar-refractivity contribution in [3.63, 3.8) is 0 Å². The number of nitrogens with zero attached hydrogens (tertiary/aromatic N) is 2. The number of anilines is 1. The number of carbonyl (C=O) groups excluding carboxylic acids is 2. The van der Waals surface area contributed by atoms with Gasteiger partial charge in [-0.25, -0.2) is 9.69 Å². The molecular weight excluding hydrogens is 278 g/mol. The molecule has 0 atom stereocenters. The molecule has 0 aliphatic carbocycles. The Morgan fingerprint density at radius 1 is 1.09 bits per heavy atom. The molecule has 2 heterocycles. The monoisotopic (exact) mass is 295 g/mol. The Kier molecular flexibility index (Phi) is 3.33. The summed E-state index contributed by atoms with van der Waals surface area (Å²) in [7, 11) is 1.97. The van der Waals surface area contributed by atoms with E-state index in [1.54, 1.807) is 30.3 Å². The minimum absolute atomic E-state index is 0.294. The molecule has 5 nitrogen and oxygen atoms in total. The van der Waals surface area contributed by atoms with Gasteiger partial charge in [0, 0.05) is 18.4 Å². The summed E-state index contributed by atoms with van der Waals surface area (Å²) >= 11 is 0. The van der Waals surface area contributed by atoms with Crippen molar-refractivity contribution in [1.82, 2.24) is 9.88 Å². The van der Waals surface area contributed by atoms with E-state index < -0.39 is 6.03 Å². The van der Waals surface area contributed by atoms with E-state index in [2.05, 4.69) is 5.32 Å². The molecule has 0 bridgehead atoms. The smallest absolute Gasteiger partial charge is 0.333 e. The van der Waals surface area contributed by atoms with Crippen LogP contribution < -0.4 is 10.2 Å². The molecule has 3 amide bonds. The Morgan fingerprint density at radius 2 is 1.77 bits per heavy atom. The third-order valence-corrected chi connectivity index (χ3v) is 4.01. The van der Waals surface area contributed by atoms with Crippen molar-refractivity contribution in [1.29, 1.82) is 0 Å². The van der Waals surface area contributed by atoms with Crippen LogP contribution in [0.3, 0.4) is 0 Å². The van der Waals surface area contributed by atoms with Gasteiger partial charge in [-0.15, -0.1) is 0 Å². The van der Waals surface area contributed by atoms with E-state index >= 15 is 0 Å². The van der Waals surface area contributed by atoms with Crippen LogP contribution in [0.15, 0.2) is 42.1 Å². The summed E-state index contributed by atoms with van der Waals surface area (Å²) in [6, 6.07) is 10.5. The fraction of sp³-hybridized carbons (Fsp3) is 0.176. The Balaban J connectivity index is 1.97. The van der Waals surface area contributed by atoms with E-state index in [-0.39, 0.29) is 5.91 Å². The van der Waals surface area contributed by atoms with E-state index in [1.807, 2.05) is 37.6 Å². The fourth-order valence-corrected chi connectivity index (χ4v) is 2.53. The number of urea groups is 1. The average molecular weight is 295 g/mol. The lowest BCUT2D eigenvalue weighted by Crippen LogP contribution is -2.30. The van der Waals surface area contributed by atoms with Gasteiger partial charge in [0.1, 0.15) is 5.70 Å². The maximum Gasteiger partial charge on any atom is 0.333 e. The molecule has 5 heteroatoms. The third-order valence-electron chi connectivity index (χ3n) is 4.01. The van der Waals surface area contributed by atoms with Gasteiger partial charge in [0.25, 0.3) is 5.91 Å². The van der Waals surface area contributed by atoms with Crippen LogP contribution >= 0.6 is 0 Å². The van der Waals surface area contributed by atoms with Crippen molar-refractivity contribution in [2.75, 3.05) is 4.90 Å². The maximum absolute atomic E-state index is 12.5. The van der Waals surface area contributed by atoms with Crippen LogP contribution in [0.25, 0.3) is 6.08 Å². The number of aromatic nitrogens is 1. The van der Waals surface area contributed by atoms with Crippen molar-refractivity contribution >= 4 is 23.7 Å². The summed E-state index contributed by atoms with van der Waals surface area (Å²) in [4.78, 5) is 25.7. The highest BCUT2D eigenvalue weighted by atomic mass is 16.2. The highest BCUT2D eigenvalue weighted by Gasteiger charge is 2.34. The van der Waals surface area contributed by atoms with Crippen molar-refractivity contribution in [2.24, 2.45) is 7.05 Å². The first kappa shape index (κ1) is 14.1. The van der Waals surface area contributed by atoms with E-state index in [0.717, 1.165) is 21.9 Å². The van der Waals surface area contributed by atoms with E-state index in [9.17, 15) is 9.59 Å². The topological polar surface area (TPSA) is 54.3 Å². The molecule has 0 unspecified atom stereocenters. The van der Waals surface area contributed by atoms with E-state index in [0.29, 0.717) is 11.4 Å². The molecule has 1 saturated heterocycles. The molecule has 0 spiro atoms. The predicted molar refractivity (Wildman–Crippen MR) is 85.3 cm³/mol. The molecule has 112 valence electrons. The Hall–Kier alpha value is -2.82. The van der Waals surface area contributed by atoms with Crippen LogP contribution in [0.4, 0.5) is 10.5 Å². The second kappa shape index (κ2) is 5.18. The number of amides is 3. The summed E-state index contributed by atoms with van der Waals surface area (Å²) in [6.07, 6.45) is 1.73. The number of hydrogen-bond donors (Lipinski definition) is 1. The van der Waals surface area contributed by atoms with Crippen LogP contribution in [-0.2, 0) is 11.8 Å². The average Bonchev–Trinajstić information content (AvgIpc) is 2.92. The molecule has 1 aliphatic heterocycles. The molecule has 1 fully saturated rings. The molecule has 1 aromatic heterocycles. The quantitative estimate of drug-likeness (QED) is 0.684. The minimum Gasteiger partial charge on any atom is -0.352 e. The van der Waals surface area contributed by atoms with E-state index in [4.69, 9.17) is 0 Å². The lowest BCUT2D eigenvalue weighted by molar-refractivity contribution is -0.113. The molecule has 0 radical (unpaired) electrons. The van der Waals surface area contributed by atoms with Crippen molar-refractivity contribution in [3.8, 4) is 0 Å². The molecular formula is C17H17N3O2. The zero-order valence-electron chi connectivity index (χ0n) is 12.8. The highest BCUT2D eigenvalue weighted by Crippen LogP contribution is 2.23. The Morgan fingerprint density at radius 3 is 2.36 bits per heavy atom. The minimum atomic E-state index is -0.423. The summed E-state index contributed by atoms with van der Waals surface area (Å²) in [6.45, 7) is 3.98. The molecule has 1 aromatic carbocycles. The summed E-state index contributed by atoms with van der Waals surface area (Å²) in [5.41, 5.74) is 3.93. The second-order valence-electron chi connectivity index (χ2n) is 5.35. The number of benzene rings is 1. The fourth-order valence-electron chi connectivity index (χ4n) is 2.53. The van der Waals surface area contributed by atoms with Gasteiger partial charge < -0.3 is 9.88 Å². The lowest BCUT2D eigenvalue weighted by atomic mass is 10.2. The van der Waals surface area contributed by atoms with Crippen LogP contribution in [0.1, 0.15) is 17.0 Å². The summed E-state index contributed by atoms with van der Waals surface area (Å²) in [5.74, 6) is -0.336. The number of para-hydroxylation sites is 1. The number of imide groups is 1. The van der Waals surface area contributed by atoms with Gasteiger partial charge in [-0.3, -0.25) is 4.79 Å². The number of aryl methyl sites for hydroxylation is 1. The first-order valence-electron chi connectivity index (χ1n) is 7.04. The standard InChI is InChI=1S/C17H17N3O2/c1-11-9-13(12(2)19(11)3)10-15-16(21)20(17(22)18-15)14-7-5-4-6-8-14/h4-10H,1-3H3,(H,18,22)/b15-10-. The SMILES string of the molecule is Cc1cc(/C=C2\NC(=O)N(c3ccccc3)C2=O)c(C)n1C. The van der Waals surface area contributed by atoms with Crippen LogP contribution in [0.5, 0.6) is 0 Å². The van der Waals surface area contributed by atoms with Gasteiger partial charge in [-0.2, -0.15) is 0 Å². The number of carbonyl (C=O) groups is 2. The zero-order valence-corrected chi connectivity index (χ0v) is 12.8. The van der Waals surface area contributed by atoms with Gasteiger partial charge >= 0.3 is 6.03 Å². The van der Waals surface area contributed by atoms with Crippen LogP contribution in [0.2, 0.25) is 0 Å². The van der Waals surface area contributed by atoms with Crippen molar-refractivity contribution in [2.45, 2.75) is 13.8 Å². The predicted octanol–water partition coefficient (Wildman–Crippen LogP) is 2.74. The first-order chi connectivity index (χ1) is 10.5. The molecule has 2 aromatic rings. The Bertz CT molecular complexity index is 788. The summed E-state index contributed by atoms with van der Waals surface area (Å²) in [5, 5.41) is 2.65. The zero-order chi connectivity index (χ0) is 15.9. The van der Waals surface area contributed by atoms with Crippen molar-refractivity contribution in [3.05, 3.63) is 59.0 Å². The highest BCUT2D eigenvalue weighted by molar-refractivity contribution is 6.28. The molecule has 3 rings (SSSR count). The molecule has 0 saturated carbocycles. The van der Waals surface area contributed by atoms with Crippen LogP contribution in [0, 0.1) is 13.8 Å². The Labute approximate surface area is 128 Å². The first-order valence-corrected chi connectivity index (χ1v) is 7.04. The number of hydrogen-bond acceptors (Lipinski definition) is 2. The van der Waals surface area contributed by atoms with Crippen molar-refractivity contribution < 1.29 is 9.59 Å².